The van der Waals surface area contributed by atoms with Gasteiger partial charge in [-0.05, 0) is 73.5 Å². The number of methoxy groups -OCH3 is 1. The van der Waals surface area contributed by atoms with Crippen LogP contribution in [0.3, 0.4) is 0 Å². The minimum Gasteiger partial charge on any atom is -0.465 e. The molecule has 0 aliphatic rings. The monoisotopic (exact) mass is 550 g/mol. The number of halogens is 3. The van der Waals surface area contributed by atoms with E-state index in [-0.39, 0.29) is 29.2 Å². The van der Waals surface area contributed by atoms with Crippen molar-refractivity contribution in [3.8, 4) is 5.75 Å². The molecule has 0 fully saturated rings. The molecule has 0 atom stereocenters. The molecule has 3 aromatic carbocycles. The van der Waals surface area contributed by atoms with Crippen molar-refractivity contribution >= 4 is 33.3 Å². The van der Waals surface area contributed by atoms with Crippen LogP contribution in [0.1, 0.15) is 28.4 Å². The van der Waals surface area contributed by atoms with Crippen molar-refractivity contribution in [1.82, 2.24) is 0 Å². The van der Waals surface area contributed by atoms with Crippen molar-refractivity contribution in [2.24, 2.45) is 0 Å². The van der Waals surface area contributed by atoms with Crippen LogP contribution >= 0.6 is 0 Å². The summed E-state index contributed by atoms with van der Waals surface area (Å²) in [5.74, 6) is -1.45. The average Bonchev–Trinajstić information content (AvgIpc) is 2.85. The molecule has 1 N–H and O–H groups in total. The Bertz CT molecular complexity index is 1410. The molecule has 0 aliphatic carbocycles. The summed E-state index contributed by atoms with van der Waals surface area (Å²) >= 11 is 0. The predicted octanol–water partition coefficient (Wildman–Crippen LogP) is 5.08. The molecule has 202 valence electrons. The van der Waals surface area contributed by atoms with Gasteiger partial charge in [0.2, 0.25) is 5.91 Å². The number of sulfonamides is 1. The van der Waals surface area contributed by atoms with E-state index >= 15 is 0 Å². The van der Waals surface area contributed by atoms with Gasteiger partial charge >= 0.3 is 12.3 Å². The van der Waals surface area contributed by atoms with Crippen molar-refractivity contribution < 1.29 is 40.7 Å². The number of anilines is 2. The van der Waals surface area contributed by atoms with Crippen molar-refractivity contribution in [3.05, 3.63) is 83.4 Å². The number of carbonyl (C=O) groups is 2. The number of rotatable bonds is 9. The number of esters is 1. The van der Waals surface area contributed by atoms with E-state index in [0.717, 1.165) is 16.4 Å². The van der Waals surface area contributed by atoms with Crippen LogP contribution in [0.4, 0.5) is 24.5 Å². The van der Waals surface area contributed by atoms with Crippen molar-refractivity contribution in [2.75, 3.05) is 23.3 Å². The number of carbonyl (C=O) groups excluding carboxylic acids is 2. The Labute approximate surface area is 218 Å². The van der Waals surface area contributed by atoms with Gasteiger partial charge < -0.3 is 14.8 Å². The second-order valence-electron chi connectivity index (χ2n) is 8.10. The zero-order valence-corrected chi connectivity index (χ0v) is 21.5. The Balaban J connectivity index is 1.71. The van der Waals surface area contributed by atoms with Gasteiger partial charge in [-0.3, -0.25) is 9.10 Å². The molecule has 0 saturated carbocycles. The smallest absolute Gasteiger partial charge is 0.465 e. The van der Waals surface area contributed by atoms with Gasteiger partial charge in [-0.2, -0.15) is 0 Å². The van der Waals surface area contributed by atoms with Crippen LogP contribution in [0, 0.1) is 6.92 Å². The van der Waals surface area contributed by atoms with Gasteiger partial charge in [0.1, 0.15) is 5.75 Å². The van der Waals surface area contributed by atoms with E-state index in [1.165, 1.54) is 61.7 Å². The lowest BCUT2D eigenvalue weighted by atomic mass is 10.1. The van der Waals surface area contributed by atoms with E-state index in [1.807, 2.05) is 0 Å². The molecule has 12 heteroatoms. The second-order valence-corrected chi connectivity index (χ2v) is 9.96. The fourth-order valence-corrected chi connectivity index (χ4v) is 5.12. The van der Waals surface area contributed by atoms with Gasteiger partial charge in [0.15, 0.2) is 0 Å². The Kier molecular flexibility index (Phi) is 8.67. The molecule has 38 heavy (non-hydrogen) atoms. The molecule has 3 aromatic rings. The molecule has 0 radical (unpaired) electrons. The molecule has 3 rings (SSSR count). The maximum Gasteiger partial charge on any atom is 0.573 e. The zero-order chi connectivity index (χ0) is 28.1. The van der Waals surface area contributed by atoms with Crippen molar-refractivity contribution in [2.45, 2.75) is 31.5 Å². The summed E-state index contributed by atoms with van der Waals surface area (Å²) < 4.78 is 73.2. The predicted molar refractivity (Wildman–Crippen MR) is 135 cm³/mol. The van der Waals surface area contributed by atoms with Crippen molar-refractivity contribution in [3.63, 3.8) is 0 Å². The number of aryl methyl sites for hydroxylation is 1. The highest BCUT2D eigenvalue weighted by atomic mass is 32.2. The van der Waals surface area contributed by atoms with E-state index in [2.05, 4.69) is 10.1 Å². The molecule has 0 aliphatic heterocycles. The minimum atomic E-state index is -4.80. The lowest BCUT2D eigenvalue weighted by Crippen LogP contribution is -2.31. The number of nitrogens with one attached hydrogen (secondary N) is 1. The first-order valence-electron chi connectivity index (χ1n) is 11.3. The van der Waals surface area contributed by atoms with Crippen LogP contribution in [0.5, 0.6) is 5.75 Å². The molecule has 0 saturated heterocycles. The van der Waals surface area contributed by atoms with Crippen LogP contribution in [0.25, 0.3) is 0 Å². The maximum atomic E-state index is 13.3. The third-order valence-corrected chi connectivity index (χ3v) is 7.35. The molecule has 0 spiro atoms. The average molecular weight is 551 g/mol. The van der Waals surface area contributed by atoms with Gasteiger partial charge in [-0.1, -0.05) is 18.2 Å². The van der Waals surface area contributed by atoms with Crippen LogP contribution in [0.2, 0.25) is 0 Å². The molecule has 0 heterocycles. The SMILES string of the molecule is CCN(c1ccc(NC(=O)Cc2ccc(OC(F)(F)F)cc2)cc1)S(=O)(=O)c1ccc(C)c(C(=O)OC)c1. The third kappa shape index (κ3) is 7.03. The fraction of sp³-hybridized carbons (Fsp3) is 0.231. The topological polar surface area (TPSA) is 102 Å². The summed E-state index contributed by atoms with van der Waals surface area (Å²) in [6.07, 6.45) is -4.90. The van der Waals surface area contributed by atoms with Crippen LogP contribution < -0.4 is 14.4 Å². The molecule has 0 unspecified atom stereocenters. The lowest BCUT2D eigenvalue weighted by Gasteiger charge is -2.23. The lowest BCUT2D eigenvalue weighted by molar-refractivity contribution is -0.274. The van der Waals surface area contributed by atoms with Crippen LogP contribution in [-0.2, 0) is 26.0 Å². The van der Waals surface area contributed by atoms with Crippen LogP contribution in [0.15, 0.2) is 71.6 Å². The largest absolute Gasteiger partial charge is 0.573 e. The summed E-state index contributed by atoms with van der Waals surface area (Å²) in [4.78, 5) is 24.3. The number of benzene rings is 3. The first-order valence-corrected chi connectivity index (χ1v) is 12.7. The van der Waals surface area contributed by atoms with Gasteiger partial charge in [0, 0.05) is 12.2 Å². The highest BCUT2D eigenvalue weighted by Crippen LogP contribution is 2.27. The quantitative estimate of drug-likeness (QED) is 0.373. The number of hydrogen-bond acceptors (Lipinski definition) is 6. The normalized spacial score (nSPS) is 11.5. The zero-order valence-electron chi connectivity index (χ0n) is 20.7. The Morgan fingerprint density at radius 2 is 1.61 bits per heavy atom. The van der Waals surface area contributed by atoms with Gasteiger partial charge in [-0.15, -0.1) is 13.2 Å². The number of ether oxygens (including phenoxy) is 2. The minimum absolute atomic E-state index is 0.0746. The fourth-order valence-electron chi connectivity index (χ4n) is 3.62. The second kappa shape index (κ2) is 11.5. The third-order valence-electron chi connectivity index (χ3n) is 5.45. The highest BCUT2D eigenvalue weighted by Gasteiger charge is 2.31. The number of amides is 1. The molecule has 1 amide bonds. The Morgan fingerprint density at radius 3 is 2.16 bits per heavy atom. The molecule has 0 bridgehead atoms. The van der Waals surface area contributed by atoms with Gasteiger partial charge in [0.25, 0.3) is 10.0 Å². The highest BCUT2D eigenvalue weighted by molar-refractivity contribution is 7.92. The Hall–Kier alpha value is -4.06. The number of hydrogen-bond donors (Lipinski definition) is 1. The maximum absolute atomic E-state index is 13.3. The number of nitrogens with zero attached hydrogens (tertiary/aromatic N) is 1. The van der Waals surface area contributed by atoms with Gasteiger partial charge in [0.05, 0.1) is 29.7 Å². The molecule has 8 nitrogen and oxygen atoms in total. The standard InChI is InChI=1S/C26H25F3N2O6S/c1-4-31(38(34,35)22-14-5-17(2)23(16-22)25(33)36-3)20-10-8-19(9-11-20)30-24(32)15-18-6-12-21(13-7-18)37-26(27,28)29/h5-14,16H,4,15H2,1-3H3,(H,30,32). The molecular weight excluding hydrogens is 525 g/mol. The summed E-state index contributed by atoms with van der Waals surface area (Å²) in [7, 11) is -2.81. The summed E-state index contributed by atoms with van der Waals surface area (Å²) in [5.41, 5.74) is 1.93. The van der Waals surface area contributed by atoms with E-state index < -0.39 is 28.3 Å². The van der Waals surface area contributed by atoms with E-state index in [9.17, 15) is 31.2 Å². The van der Waals surface area contributed by atoms with E-state index in [4.69, 9.17) is 4.74 Å². The summed E-state index contributed by atoms with van der Waals surface area (Å²) in [6, 6.07) is 15.3. The molecular formula is C26H25F3N2O6S. The summed E-state index contributed by atoms with van der Waals surface area (Å²) in [6.45, 7) is 3.43. The van der Waals surface area contributed by atoms with Crippen molar-refractivity contribution in [1.29, 1.82) is 0 Å². The first-order chi connectivity index (χ1) is 17.8. The van der Waals surface area contributed by atoms with Gasteiger partial charge in [-0.25, -0.2) is 13.2 Å². The van der Waals surface area contributed by atoms with E-state index in [0.29, 0.717) is 22.5 Å². The van der Waals surface area contributed by atoms with Crippen LogP contribution in [-0.4, -0.2) is 40.3 Å². The summed E-state index contributed by atoms with van der Waals surface area (Å²) in [5, 5.41) is 2.66. The van der Waals surface area contributed by atoms with E-state index in [1.54, 1.807) is 13.8 Å². The Morgan fingerprint density at radius 1 is 0.974 bits per heavy atom. The molecule has 0 aromatic heterocycles. The number of alkyl halides is 3. The first kappa shape index (κ1) is 28.5.